The lowest BCUT2D eigenvalue weighted by Gasteiger charge is -2.37. The molecule has 5 rings (SSSR count). The van der Waals surface area contributed by atoms with Crippen LogP contribution in [0, 0.1) is 0 Å². The molecule has 2 unspecified atom stereocenters. The Morgan fingerprint density at radius 1 is 1.10 bits per heavy atom. The average molecular weight is 439 g/mol. The number of likely N-dealkylation sites (N-methyl/N-ethyl adjacent to an activating group) is 1. The number of benzene rings is 2. The Labute approximate surface area is 183 Å². The van der Waals surface area contributed by atoms with Crippen molar-refractivity contribution in [2.75, 3.05) is 19.1 Å². The van der Waals surface area contributed by atoms with E-state index in [-0.39, 0.29) is 5.91 Å². The van der Waals surface area contributed by atoms with E-state index in [4.69, 9.17) is 16.3 Å². The van der Waals surface area contributed by atoms with E-state index in [9.17, 15) is 9.59 Å². The molecule has 0 radical (unpaired) electrons. The zero-order valence-electron chi connectivity index (χ0n) is 16.8. The van der Waals surface area contributed by atoms with E-state index in [1.807, 2.05) is 51.9 Å². The van der Waals surface area contributed by atoms with Gasteiger partial charge in [-0.15, -0.1) is 10.2 Å². The molecule has 2 aliphatic heterocycles. The molecule has 3 heterocycles. The summed E-state index contributed by atoms with van der Waals surface area (Å²) in [5, 5.41) is 11.8. The van der Waals surface area contributed by atoms with Crippen molar-refractivity contribution in [2.24, 2.45) is 0 Å². The lowest BCUT2D eigenvalue weighted by molar-refractivity contribution is -0.124. The van der Waals surface area contributed by atoms with E-state index >= 15 is 0 Å². The fourth-order valence-corrected chi connectivity index (χ4v) is 4.31. The fraction of sp³-hybridized carbons (Fsp3) is 0.238. The third-order valence-electron chi connectivity index (χ3n) is 5.68. The van der Waals surface area contributed by atoms with Crippen LogP contribution in [0.2, 0.25) is 5.02 Å². The molecule has 31 heavy (non-hydrogen) atoms. The summed E-state index contributed by atoms with van der Waals surface area (Å²) in [5.74, 6) is 1.39. The van der Waals surface area contributed by atoms with Gasteiger partial charge in [-0.2, -0.15) is 0 Å². The largest absolute Gasteiger partial charge is 0.497 e. The number of imide groups is 1. The number of urea groups is 1. The quantitative estimate of drug-likeness (QED) is 0.673. The first-order valence-electron chi connectivity index (χ1n) is 9.66. The zero-order chi connectivity index (χ0) is 21.7. The van der Waals surface area contributed by atoms with Crippen molar-refractivity contribution in [3.63, 3.8) is 0 Å². The number of hydrogen-bond donors (Lipinski definition) is 1. The number of fused-ring (bicyclic) bond motifs is 3. The predicted octanol–water partition coefficient (Wildman–Crippen LogP) is 2.68. The third-order valence-corrected chi connectivity index (χ3v) is 6.05. The SMILES string of the molecule is COc1ccc(-c2nnc3n2C2C(C(=O)NC(=O)N2C)N3Cc2ccccc2Cl)cc1. The molecule has 0 saturated carbocycles. The molecule has 0 aliphatic carbocycles. The van der Waals surface area contributed by atoms with Crippen LogP contribution in [0.15, 0.2) is 48.5 Å². The summed E-state index contributed by atoms with van der Waals surface area (Å²) < 4.78 is 7.07. The second-order valence-electron chi connectivity index (χ2n) is 7.41. The first-order chi connectivity index (χ1) is 15.0. The molecule has 1 N–H and O–H groups in total. The Kier molecular flexibility index (Phi) is 4.55. The van der Waals surface area contributed by atoms with Crippen LogP contribution in [0.5, 0.6) is 5.75 Å². The van der Waals surface area contributed by atoms with Gasteiger partial charge in [0.05, 0.1) is 7.11 Å². The van der Waals surface area contributed by atoms with Gasteiger partial charge in [0.1, 0.15) is 11.9 Å². The van der Waals surface area contributed by atoms with Crippen LogP contribution in [0.4, 0.5) is 10.7 Å². The van der Waals surface area contributed by atoms with Crippen molar-refractivity contribution in [3.8, 4) is 17.1 Å². The minimum absolute atomic E-state index is 0.344. The summed E-state index contributed by atoms with van der Waals surface area (Å²) in [6.45, 7) is 0.344. The second-order valence-corrected chi connectivity index (χ2v) is 7.81. The van der Waals surface area contributed by atoms with Gasteiger partial charge in [-0.1, -0.05) is 29.8 Å². The minimum atomic E-state index is -0.665. The molecular formula is C21H19ClN6O3. The lowest BCUT2D eigenvalue weighted by atomic mass is 10.1. The Morgan fingerprint density at radius 3 is 2.55 bits per heavy atom. The molecular weight excluding hydrogens is 420 g/mol. The number of hydrogen-bond acceptors (Lipinski definition) is 6. The van der Waals surface area contributed by atoms with Crippen LogP contribution >= 0.6 is 11.6 Å². The normalized spacial score (nSPS) is 19.8. The summed E-state index contributed by atoms with van der Waals surface area (Å²) in [4.78, 5) is 28.7. The molecule has 1 aromatic heterocycles. The van der Waals surface area contributed by atoms with Crippen molar-refractivity contribution < 1.29 is 14.3 Å². The van der Waals surface area contributed by atoms with Gasteiger partial charge < -0.3 is 14.5 Å². The molecule has 1 fully saturated rings. The highest BCUT2D eigenvalue weighted by molar-refractivity contribution is 6.31. The van der Waals surface area contributed by atoms with Crippen LogP contribution in [0.1, 0.15) is 11.7 Å². The minimum Gasteiger partial charge on any atom is -0.497 e. The standard InChI is InChI=1S/C21H19ClN6O3/c1-26-19-16(18(29)23-21(26)30)27(11-13-5-3-4-6-15(13)22)20-25-24-17(28(19)20)12-7-9-14(31-2)10-8-12/h3-10,16,19H,11H2,1-2H3,(H,23,29,30). The predicted molar refractivity (Wildman–Crippen MR) is 114 cm³/mol. The van der Waals surface area contributed by atoms with Crippen LogP contribution in [0.25, 0.3) is 11.4 Å². The fourth-order valence-electron chi connectivity index (χ4n) is 4.11. The maximum atomic E-state index is 12.9. The molecule has 3 aromatic rings. The number of carbonyl (C=O) groups is 2. The van der Waals surface area contributed by atoms with Gasteiger partial charge in [-0.25, -0.2) is 4.79 Å². The highest BCUT2D eigenvalue weighted by Gasteiger charge is 2.52. The molecule has 0 spiro atoms. The van der Waals surface area contributed by atoms with Crippen LogP contribution < -0.4 is 15.0 Å². The summed E-state index contributed by atoms with van der Waals surface area (Å²) in [6, 6.07) is 13.7. The molecule has 2 aromatic carbocycles. The van der Waals surface area contributed by atoms with Crippen molar-refractivity contribution in [3.05, 3.63) is 59.1 Å². The number of rotatable bonds is 4. The molecule has 9 nitrogen and oxygen atoms in total. The van der Waals surface area contributed by atoms with Crippen LogP contribution in [-0.4, -0.2) is 51.8 Å². The van der Waals surface area contributed by atoms with Crippen molar-refractivity contribution in [1.82, 2.24) is 25.0 Å². The average Bonchev–Trinajstić information content (AvgIpc) is 3.33. The number of ether oxygens (including phenoxy) is 1. The van der Waals surface area contributed by atoms with E-state index in [0.717, 1.165) is 11.1 Å². The number of nitrogens with zero attached hydrogens (tertiary/aromatic N) is 5. The van der Waals surface area contributed by atoms with Gasteiger partial charge in [-0.05, 0) is 35.9 Å². The molecule has 1 saturated heterocycles. The van der Waals surface area contributed by atoms with E-state index in [1.54, 1.807) is 20.2 Å². The zero-order valence-corrected chi connectivity index (χ0v) is 17.6. The summed E-state index contributed by atoms with van der Waals surface area (Å²) in [7, 11) is 3.25. The summed E-state index contributed by atoms with van der Waals surface area (Å²) in [5.41, 5.74) is 1.64. The number of methoxy groups -OCH3 is 1. The Morgan fingerprint density at radius 2 is 1.84 bits per heavy atom. The highest BCUT2D eigenvalue weighted by atomic mass is 35.5. The van der Waals surface area contributed by atoms with Gasteiger partial charge in [0, 0.05) is 24.2 Å². The Bertz CT molecular complexity index is 1180. The number of amides is 3. The number of halogens is 1. The Hall–Kier alpha value is -3.59. The van der Waals surface area contributed by atoms with Gasteiger partial charge in [0.2, 0.25) is 5.95 Å². The first kappa shape index (κ1) is 19.4. The first-order valence-corrected chi connectivity index (χ1v) is 10.0. The number of carbonyl (C=O) groups excluding carboxylic acids is 2. The van der Waals surface area contributed by atoms with E-state index < -0.39 is 18.2 Å². The second kappa shape index (κ2) is 7.28. The molecule has 2 aliphatic rings. The maximum absolute atomic E-state index is 12.9. The molecule has 158 valence electrons. The van der Waals surface area contributed by atoms with Gasteiger partial charge >= 0.3 is 6.03 Å². The van der Waals surface area contributed by atoms with Crippen molar-refractivity contribution in [1.29, 1.82) is 0 Å². The highest BCUT2D eigenvalue weighted by Crippen LogP contribution is 2.42. The number of aromatic nitrogens is 3. The Balaban J connectivity index is 1.63. The molecule has 2 atom stereocenters. The smallest absolute Gasteiger partial charge is 0.325 e. The van der Waals surface area contributed by atoms with E-state index in [1.165, 1.54) is 4.90 Å². The third kappa shape index (κ3) is 3.00. The van der Waals surface area contributed by atoms with Gasteiger partial charge in [0.15, 0.2) is 11.9 Å². The maximum Gasteiger partial charge on any atom is 0.325 e. The van der Waals surface area contributed by atoms with Crippen molar-refractivity contribution in [2.45, 2.75) is 18.8 Å². The van der Waals surface area contributed by atoms with E-state index in [2.05, 4.69) is 15.5 Å². The summed E-state index contributed by atoms with van der Waals surface area (Å²) >= 11 is 6.38. The molecule has 10 heteroatoms. The summed E-state index contributed by atoms with van der Waals surface area (Å²) in [6.07, 6.45) is -0.592. The van der Waals surface area contributed by atoms with Crippen molar-refractivity contribution >= 4 is 29.5 Å². The lowest BCUT2D eigenvalue weighted by Crippen LogP contribution is -2.61. The molecule has 3 amide bonds. The topological polar surface area (TPSA) is 92.6 Å². The number of nitrogens with one attached hydrogen (secondary N) is 1. The molecule has 0 bridgehead atoms. The van der Waals surface area contributed by atoms with E-state index in [0.29, 0.717) is 29.1 Å². The monoisotopic (exact) mass is 438 g/mol. The van der Waals surface area contributed by atoms with Gasteiger partial charge in [0.25, 0.3) is 5.91 Å². The van der Waals surface area contributed by atoms with Gasteiger partial charge in [-0.3, -0.25) is 14.7 Å². The van der Waals surface area contributed by atoms with Crippen LogP contribution in [-0.2, 0) is 11.3 Å². The number of anilines is 1. The van der Waals surface area contributed by atoms with Crippen LogP contribution in [0.3, 0.4) is 0 Å².